The zero-order valence-corrected chi connectivity index (χ0v) is 14.4. The Labute approximate surface area is 140 Å². The Kier molecular flexibility index (Phi) is 4.79. The highest BCUT2D eigenvalue weighted by atomic mass is 32.1. The number of morpholine rings is 1. The quantitative estimate of drug-likeness (QED) is 0.801. The number of hydrogen-bond acceptors (Lipinski definition) is 6. The lowest BCUT2D eigenvalue weighted by Gasteiger charge is -2.36. The molecule has 124 valence electrons. The Morgan fingerprint density at radius 1 is 1.30 bits per heavy atom. The number of methoxy groups -OCH3 is 1. The van der Waals surface area contributed by atoms with Gasteiger partial charge in [-0.15, -0.1) is 5.10 Å². The minimum Gasteiger partial charge on any atom is -0.497 e. The van der Waals surface area contributed by atoms with Crippen molar-refractivity contribution in [2.75, 3.05) is 20.3 Å². The van der Waals surface area contributed by atoms with Gasteiger partial charge in [0.15, 0.2) is 0 Å². The van der Waals surface area contributed by atoms with Crippen LogP contribution in [0.15, 0.2) is 28.7 Å². The summed E-state index contributed by atoms with van der Waals surface area (Å²) in [5.74, 6) is 1.31. The average molecular weight is 335 g/mol. The standard InChI is InChI=1S/C16H21N3O3S/c1-11-9-21-12(2)8-18(11)10-19-16(23)22-15(17-19)13-4-6-14(20-3)7-5-13/h4-7,11-12H,8-10H2,1-3H3. The van der Waals surface area contributed by atoms with E-state index < -0.39 is 0 Å². The fourth-order valence-electron chi connectivity index (χ4n) is 2.59. The molecule has 3 rings (SSSR count). The summed E-state index contributed by atoms with van der Waals surface area (Å²) in [5.41, 5.74) is 0.874. The van der Waals surface area contributed by atoms with Gasteiger partial charge in [-0.05, 0) is 50.3 Å². The van der Waals surface area contributed by atoms with Gasteiger partial charge in [0.2, 0.25) is 5.89 Å². The Hall–Kier alpha value is -1.70. The lowest BCUT2D eigenvalue weighted by Crippen LogP contribution is -2.47. The average Bonchev–Trinajstić information content (AvgIpc) is 2.92. The van der Waals surface area contributed by atoms with E-state index in [0.717, 1.165) is 24.5 Å². The van der Waals surface area contributed by atoms with Crippen LogP contribution in [0.25, 0.3) is 11.5 Å². The first-order valence-corrected chi connectivity index (χ1v) is 8.05. The molecule has 6 nitrogen and oxygen atoms in total. The topological polar surface area (TPSA) is 52.7 Å². The fraction of sp³-hybridized carbons (Fsp3) is 0.500. The lowest BCUT2D eigenvalue weighted by molar-refractivity contribution is -0.0626. The van der Waals surface area contributed by atoms with Crippen molar-refractivity contribution < 1.29 is 13.9 Å². The van der Waals surface area contributed by atoms with E-state index in [0.29, 0.717) is 23.4 Å². The van der Waals surface area contributed by atoms with Gasteiger partial charge >= 0.3 is 0 Å². The second-order valence-corrected chi connectivity index (χ2v) is 6.16. The van der Waals surface area contributed by atoms with Crippen molar-refractivity contribution in [3.63, 3.8) is 0 Å². The van der Waals surface area contributed by atoms with Crippen molar-refractivity contribution in [3.8, 4) is 17.2 Å². The number of aromatic nitrogens is 2. The maximum absolute atomic E-state index is 5.65. The Morgan fingerprint density at radius 3 is 2.74 bits per heavy atom. The molecule has 0 aliphatic carbocycles. The van der Waals surface area contributed by atoms with Gasteiger partial charge in [-0.25, -0.2) is 4.68 Å². The summed E-state index contributed by atoms with van der Waals surface area (Å²) in [6, 6.07) is 7.89. The number of hydrogen-bond donors (Lipinski definition) is 0. The molecular weight excluding hydrogens is 314 g/mol. The van der Waals surface area contributed by atoms with Crippen LogP contribution in [0, 0.1) is 4.84 Å². The van der Waals surface area contributed by atoms with Gasteiger partial charge in [0.1, 0.15) is 5.75 Å². The third-order valence-corrected chi connectivity index (χ3v) is 4.29. The molecule has 1 saturated heterocycles. The third kappa shape index (κ3) is 3.63. The van der Waals surface area contributed by atoms with Gasteiger partial charge in [-0.1, -0.05) is 0 Å². The van der Waals surface area contributed by atoms with Crippen LogP contribution >= 0.6 is 12.2 Å². The molecule has 2 atom stereocenters. The van der Waals surface area contributed by atoms with Crippen molar-refractivity contribution in [1.29, 1.82) is 0 Å². The molecule has 2 heterocycles. The first kappa shape index (κ1) is 16.2. The number of rotatable bonds is 4. The number of ether oxygens (including phenoxy) is 2. The molecule has 1 fully saturated rings. The van der Waals surface area contributed by atoms with Gasteiger partial charge in [-0.2, -0.15) is 0 Å². The number of benzene rings is 1. The molecule has 0 amide bonds. The first-order chi connectivity index (χ1) is 11.1. The van der Waals surface area contributed by atoms with Crippen molar-refractivity contribution in [2.45, 2.75) is 32.7 Å². The predicted molar refractivity (Wildman–Crippen MR) is 88.9 cm³/mol. The van der Waals surface area contributed by atoms with Crippen LogP contribution in [-0.4, -0.2) is 47.1 Å². The van der Waals surface area contributed by atoms with Crippen molar-refractivity contribution >= 4 is 12.2 Å². The summed E-state index contributed by atoms with van der Waals surface area (Å²) >= 11 is 5.31. The maximum atomic E-state index is 5.65. The van der Waals surface area contributed by atoms with Crippen LogP contribution in [0.4, 0.5) is 0 Å². The van der Waals surface area contributed by atoms with Crippen LogP contribution in [0.3, 0.4) is 0 Å². The highest BCUT2D eigenvalue weighted by molar-refractivity contribution is 7.71. The normalized spacial score (nSPS) is 22.2. The van der Waals surface area contributed by atoms with Crippen molar-refractivity contribution in [1.82, 2.24) is 14.7 Å². The SMILES string of the molecule is COc1ccc(-c2nn(CN3CC(C)OCC3C)c(=S)o2)cc1. The zero-order chi connectivity index (χ0) is 16.4. The van der Waals surface area contributed by atoms with Gasteiger partial charge in [-0.3, -0.25) is 4.90 Å². The van der Waals surface area contributed by atoms with Crippen LogP contribution in [0.2, 0.25) is 0 Å². The van der Waals surface area contributed by atoms with E-state index >= 15 is 0 Å². The summed E-state index contributed by atoms with van der Waals surface area (Å²) in [6.07, 6.45) is 0.216. The van der Waals surface area contributed by atoms with Gasteiger partial charge in [0.05, 0.1) is 26.5 Å². The number of nitrogens with zero attached hydrogens (tertiary/aromatic N) is 3. The van der Waals surface area contributed by atoms with Gasteiger partial charge < -0.3 is 13.9 Å². The Bertz CT molecular complexity index is 710. The smallest absolute Gasteiger partial charge is 0.288 e. The van der Waals surface area contributed by atoms with Crippen LogP contribution in [0.1, 0.15) is 13.8 Å². The lowest BCUT2D eigenvalue weighted by atomic mass is 10.2. The molecule has 2 aromatic rings. The van der Waals surface area contributed by atoms with E-state index in [-0.39, 0.29) is 6.10 Å². The highest BCUT2D eigenvalue weighted by Crippen LogP contribution is 2.22. The largest absolute Gasteiger partial charge is 0.497 e. The second kappa shape index (κ2) is 6.82. The molecule has 23 heavy (non-hydrogen) atoms. The Balaban J connectivity index is 1.79. The van der Waals surface area contributed by atoms with Gasteiger partial charge in [0, 0.05) is 18.2 Å². The zero-order valence-electron chi connectivity index (χ0n) is 13.6. The molecule has 1 aliphatic rings. The summed E-state index contributed by atoms with van der Waals surface area (Å²) < 4.78 is 18.2. The molecule has 7 heteroatoms. The van der Waals surface area contributed by atoms with Crippen LogP contribution in [0.5, 0.6) is 5.75 Å². The van der Waals surface area contributed by atoms with Gasteiger partial charge in [0.25, 0.3) is 4.84 Å². The molecule has 0 N–H and O–H groups in total. The highest BCUT2D eigenvalue weighted by Gasteiger charge is 2.24. The van der Waals surface area contributed by atoms with Crippen LogP contribution in [-0.2, 0) is 11.4 Å². The van der Waals surface area contributed by atoms with E-state index in [1.54, 1.807) is 11.8 Å². The molecule has 2 unspecified atom stereocenters. The first-order valence-electron chi connectivity index (χ1n) is 7.65. The summed E-state index contributed by atoms with van der Waals surface area (Å²) in [5, 5.41) is 4.51. The fourth-order valence-corrected chi connectivity index (χ4v) is 2.76. The third-order valence-electron chi connectivity index (χ3n) is 4.00. The van der Waals surface area contributed by atoms with E-state index in [2.05, 4.69) is 23.8 Å². The van der Waals surface area contributed by atoms with E-state index in [9.17, 15) is 0 Å². The second-order valence-electron chi connectivity index (χ2n) is 5.81. The molecular formula is C16H21N3O3S. The summed E-state index contributed by atoms with van der Waals surface area (Å²) in [4.78, 5) is 2.67. The van der Waals surface area contributed by atoms with Crippen LogP contribution < -0.4 is 4.74 Å². The minimum atomic E-state index is 0.216. The molecule has 0 radical (unpaired) electrons. The molecule has 0 spiro atoms. The van der Waals surface area contributed by atoms with E-state index in [4.69, 9.17) is 26.1 Å². The van der Waals surface area contributed by atoms with Crippen molar-refractivity contribution in [2.24, 2.45) is 0 Å². The molecule has 1 aromatic carbocycles. The molecule has 0 bridgehead atoms. The summed E-state index contributed by atoms with van der Waals surface area (Å²) in [7, 11) is 1.64. The summed E-state index contributed by atoms with van der Waals surface area (Å²) in [6.45, 7) is 6.39. The van der Waals surface area contributed by atoms with E-state index in [1.807, 2.05) is 24.3 Å². The van der Waals surface area contributed by atoms with Crippen molar-refractivity contribution in [3.05, 3.63) is 29.1 Å². The van der Waals surface area contributed by atoms with E-state index in [1.165, 1.54) is 0 Å². The monoisotopic (exact) mass is 335 g/mol. The minimum absolute atomic E-state index is 0.216. The molecule has 1 aromatic heterocycles. The molecule has 0 saturated carbocycles. The molecule has 1 aliphatic heterocycles. The predicted octanol–water partition coefficient (Wildman–Crippen LogP) is 2.95. The Morgan fingerprint density at radius 2 is 2.04 bits per heavy atom. The maximum Gasteiger partial charge on any atom is 0.288 e.